The zero-order valence-electron chi connectivity index (χ0n) is 9.90. The summed E-state index contributed by atoms with van der Waals surface area (Å²) in [5.41, 5.74) is 5.42. The first-order valence-electron chi connectivity index (χ1n) is 5.44. The van der Waals surface area contributed by atoms with Crippen molar-refractivity contribution in [3.63, 3.8) is 0 Å². The molecule has 0 aliphatic carbocycles. The smallest absolute Gasteiger partial charge is 0.245 e. The predicted octanol–water partition coefficient (Wildman–Crippen LogP) is 1.87. The van der Waals surface area contributed by atoms with Gasteiger partial charge >= 0.3 is 0 Å². The summed E-state index contributed by atoms with van der Waals surface area (Å²) in [6.07, 6.45) is 1.53. The van der Waals surface area contributed by atoms with Crippen LogP contribution >= 0.6 is 0 Å². The molecular formula is C11H17FN2O2S. The summed E-state index contributed by atoms with van der Waals surface area (Å²) in [5, 5.41) is 0. The van der Waals surface area contributed by atoms with Crippen molar-refractivity contribution >= 4 is 15.7 Å². The van der Waals surface area contributed by atoms with Gasteiger partial charge in [-0.3, -0.25) is 0 Å². The number of halogens is 1. The van der Waals surface area contributed by atoms with Crippen molar-refractivity contribution in [1.29, 1.82) is 0 Å². The Kier molecular flexibility index (Phi) is 4.47. The van der Waals surface area contributed by atoms with Crippen molar-refractivity contribution in [1.82, 2.24) is 4.72 Å². The van der Waals surface area contributed by atoms with Crippen LogP contribution in [-0.2, 0) is 10.0 Å². The molecule has 1 aromatic carbocycles. The van der Waals surface area contributed by atoms with E-state index in [0.29, 0.717) is 6.42 Å². The van der Waals surface area contributed by atoms with Crippen LogP contribution in [0.1, 0.15) is 26.7 Å². The van der Waals surface area contributed by atoms with E-state index in [4.69, 9.17) is 5.73 Å². The molecule has 0 saturated carbocycles. The molecular weight excluding hydrogens is 243 g/mol. The first kappa shape index (κ1) is 13.9. The second-order valence-electron chi connectivity index (χ2n) is 3.97. The fraction of sp³-hybridized carbons (Fsp3) is 0.455. The molecule has 96 valence electrons. The van der Waals surface area contributed by atoms with Gasteiger partial charge in [-0.25, -0.2) is 17.5 Å². The Morgan fingerprint density at radius 3 is 2.65 bits per heavy atom. The Labute approximate surface area is 101 Å². The van der Waals surface area contributed by atoms with Gasteiger partial charge in [-0.05, 0) is 25.5 Å². The first-order chi connectivity index (χ1) is 7.88. The molecule has 1 atom stereocenters. The standard InChI is InChI=1S/C11H17FN2O2S/c1-3-5-8(2)14-17(15,16)11-9(12)6-4-7-10(11)13/h4,6-8,14H,3,5,13H2,1-2H3. The molecule has 0 spiro atoms. The monoisotopic (exact) mass is 260 g/mol. The van der Waals surface area contributed by atoms with Gasteiger partial charge in [0, 0.05) is 6.04 Å². The zero-order chi connectivity index (χ0) is 13.1. The van der Waals surface area contributed by atoms with Crippen molar-refractivity contribution in [3.8, 4) is 0 Å². The normalized spacial score (nSPS) is 13.6. The fourth-order valence-corrected chi connectivity index (χ4v) is 3.09. The minimum atomic E-state index is -3.89. The Hall–Kier alpha value is -1.14. The van der Waals surface area contributed by atoms with Gasteiger partial charge in [0.2, 0.25) is 10.0 Å². The summed E-state index contributed by atoms with van der Waals surface area (Å²) < 4.78 is 39.7. The maximum atomic E-state index is 13.5. The number of sulfonamides is 1. The van der Waals surface area contributed by atoms with E-state index in [0.717, 1.165) is 12.5 Å². The van der Waals surface area contributed by atoms with Gasteiger partial charge in [0.15, 0.2) is 0 Å². The van der Waals surface area contributed by atoms with E-state index < -0.39 is 20.7 Å². The summed E-state index contributed by atoms with van der Waals surface area (Å²) in [7, 11) is -3.89. The second-order valence-corrected chi connectivity index (χ2v) is 5.62. The van der Waals surface area contributed by atoms with Gasteiger partial charge in [-0.2, -0.15) is 0 Å². The number of anilines is 1. The Morgan fingerprint density at radius 2 is 2.12 bits per heavy atom. The number of rotatable bonds is 5. The van der Waals surface area contributed by atoms with E-state index in [2.05, 4.69) is 4.72 Å². The molecule has 1 unspecified atom stereocenters. The van der Waals surface area contributed by atoms with Crippen molar-refractivity contribution in [2.75, 3.05) is 5.73 Å². The van der Waals surface area contributed by atoms with Gasteiger partial charge in [0.05, 0.1) is 5.69 Å². The highest BCUT2D eigenvalue weighted by molar-refractivity contribution is 7.89. The van der Waals surface area contributed by atoms with Crippen LogP contribution in [0.2, 0.25) is 0 Å². The quantitative estimate of drug-likeness (QED) is 0.794. The van der Waals surface area contributed by atoms with Crippen LogP contribution in [0.25, 0.3) is 0 Å². The first-order valence-corrected chi connectivity index (χ1v) is 6.93. The molecule has 0 aromatic heterocycles. The van der Waals surface area contributed by atoms with E-state index in [1.165, 1.54) is 12.1 Å². The molecule has 0 aliphatic heterocycles. The molecule has 0 saturated heterocycles. The molecule has 0 heterocycles. The Morgan fingerprint density at radius 1 is 1.47 bits per heavy atom. The highest BCUT2D eigenvalue weighted by Crippen LogP contribution is 2.21. The third-order valence-corrected chi connectivity index (χ3v) is 4.03. The van der Waals surface area contributed by atoms with E-state index in [-0.39, 0.29) is 11.7 Å². The topological polar surface area (TPSA) is 72.2 Å². The molecule has 3 N–H and O–H groups in total. The summed E-state index contributed by atoms with van der Waals surface area (Å²) in [6.45, 7) is 3.68. The molecule has 4 nitrogen and oxygen atoms in total. The summed E-state index contributed by atoms with van der Waals surface area (Å²) >= 11 is 0. The number of benzene rings is 1. The van der Waals surface area contributed by atoms with E-state index in [1.54, 1.807) is 6.92 Å². The maximum absolute atomic E-state index is 13.5. The van der Waals surface area contributed by atoms with Gasteiger partial charge in [0.1, 0.15) is 10.7 Å². The second kappa shape index (κ2) is 5.46. The van der Waals surface area contributed by atoms with Gasteiger partial charge in [-0.15, -0.1) is 0 Å². The largest absolute Gasteiger partial charge is 0.398 e. The van der Waals surface area contributed by atoms with Crippen LogP contribution in [-0.4, -0.2) is 14.5 Å². The van der Waals surface area contributed by atoms with E-state index in [1.807, 2.05) is 6.92 Å². The predicted molar refractivity (Wildman–Crippen MR) is 65.5 cm³/mol. The van der Waals surface area contributed by atoms with Gasteiger partial charge in [0.25, 0.3) is 0 Å². The average molecular weight is 260 g/mol. The van der Waals surface area contributed by atoms with Gasteiger partial charge in [-0.1, -0.05) is 19.4 Å². The highest BCUT2D eigenvalue weighted by atomic mass is 32.2. The highest BCUT2D eigenvalue weighted by Gasteiger charge is 2.23. The molecule has 17 heavy (non-hydrogen) atoms. The minimum Gasteiger partial charge on any atom is -0.398 e. The molecule has 1 aromatic rings. The van der Waals surface area contributed by atoms with Crippen LogP contribution < -0.4 is 10.5 Å². The van der Waals surface area contributed by atoms with Crippen LogP contribution in [0.4, 0.5) is 10.1 Å². The number of hydrogen-bond donors (Lipinski definition) is 2. The van der Waals surface area contributed by atoms with E-state index in [9.17, 15) is 12.8 Å². The molecule has 0 bridgehead atoms. The molecule has 0 aliphatic rings. The zero-order valence-corrected chi connectivity index (χ0v) is 10.7. The van der Waals surface area contributed by atoms with E-state index >= 15 is 0 Å². The molecule has 1 rings (SSSR count). The lowest BCUT2D eigenvalue weighted by Crippen LogP contribution is -2.33. The Bertz CT molecular complexity index is 468. The lowest BCUT2D eigenvalue weighted by atomic mass is 10.2. The van der Waals surface area contributed by atoms with Crippen molar-refractivity contribution < 1.29 is 12.8 Å². The fourth-order valence-electron chi connectivity index (χ4n) is 1.62. The number of hydrogen-bond acceptors (Lipinski definition) is 3. The molecule has 0 fully saturated rings. The lowest BCUT2D eigenvalue weighted by molar-refractivity contribution is 0.532. The van der Waals surface area contributed by atoms with Crippen LogP contribution in [0.15, 0.2) is 23.1 Å². The third-order valence-electron chi connectivity index (χ3n) is 2.34. The van der Waals surface area contributed by atoms with Gasteiger partial charge < -0.3 is 5.73 Å². The molecule has 0 radical (unpaired) electrons. The van der Waals surface area contributed by atoms with Crippen LogP contribution in [0, 0.1) is 5.82 Å². The number of nitrogens with two attached hydrogens (primary N) is 1. The summed E-state index contributed by atoms with van der Waals surface area (Å²) in [5.74, 6) is -0.832. The van der Waals surface area contributed by atoms with Crippen molar-refractivity contribution in [2.45, 2.75) is 37.6 Å². The summed E-state index contributed by atoms with van der Waals surface area (Å²) in [6, 6.07) is 3.57. The van der Waals surface area contributed by atoms with Crippen LogP contribution in [0.5, 0.6) is 0 Å². The maximum Gasteiger partial charge on any atom is 0.245 e. The van der Waals surface area contributed by atoms with Crippen LogP contribution in [0.3, 0.4) is 0 Å². The van der Waals surface area contributed by atoms with Crippen molar-refractivity contribution in [3.05, 3.63) is 24.0 Å². The molecule has 0 amide bonds. The Balaban J connectivity index is 3.06. The minimum absolute atomic E-state index is 0.0822. The summed E-state index contributed by atoms with van der Waals surface area (Å²) in [4.78, 5) is -0.469. The lowest BCUT2D eigenvalue weighted by Gasteiger charge is -2.14. The third kappa shape index (κ3) is 3.41. The van der Waals surface area contributed by atoms with Crippen molar-refractivity contribution in [2.24, 2.45) is 0 Å². The molecule has 6 heteroatoms. The SMILES string of the molecule is CCCC(C)NS(=O)(=O)c1c(N)cccc1F. The number of nitrogen functional groups attached to an aromatic ring is 1. The number of nitrogens with one attached hydrogen (secondary N) is 1. The average Bonchev–Trinajstić information content (AvgIpc) is 2.15.